The largest absolute Gasteiger partial charge is 0.508 e. The Morgan fingerprint density at radius 1 is 1.08 bits per heavy atom. The van der Waals surface area contributed by atoms with Gasteiger partial charge in [-0.3, -0.25) is 0 Å². The first-order valence-corrected chi connectivity index (χ1v) is 8.20. The van der Waals surface area contributed by atoms with Crippen LogP contribution < -0.4 is 5.43 Å². The van der Waals surface area contributed by atoms with Crippen molar-refractivity contribution < 1.29 is 5.11 Å². The van der Waals surface area contributed by atoms with Crippen molar-refractivity contribution >= 4 is 6.21 Å². The van der Waals surface area contributed by atoms with Crippen LogP contribution in [-0.2, 0) is 6.42 Å². The number of phenols is 1. The van der Waals surface area contributed by atoms with Crippen LogP contribution >= 0.6 is 0 Å². The molecule has 0 aliphatic heterocycles. The zero-order valence-corrected chi connectivity index (χ0v) is 13.8. The fourth-order valence-electron chi connectivity index (χ4n) is 2.41. The quantitative estimate of drug-likeness (QED) is 0.374. The summed E-state index contributed by atoms with van der Waals surface area (Å²) in [6.07, 6.45) is 4.41. The van der Waals surface area contributed by atoms with Crippen LogP contribution in [0.1, 0.15) is 24.2 Å². The summed E-state index contributed by atoms with van der Waals surface area (Å²) in [6.45, 7) is 0.766. The molecule has 128 valence electrons. The molecule has 25 heavy (non-hydrogen) atoms. The highest BCUT2D eigenvalue weighted by molar-refractivity contribution is 5.79. The summed E-state index contributed by atoms with van der Waals surface area (Å²) in [6, 6.07) is 16.8. The number of hydrogen-bond donors (Lipinski definition) is 2. The number of hydrazone groups is 1. The fraction of sp³-hybridized carbons (Fsp3) is 0.222. The maximum Gasteiger partial charge on any atom is 0.156 e. The van der Waals surface area contributed by atoms with Gasteiger partial charge in [-0.15, -0.1) is 5.10 Å². The first kappa shape index (κ1) is 16.6. The monoisotopic (exact) mass is 336 g/mol. The van der Waals surface area contributed by atoms with Gasteiger partial charge in [0.2, 0.25) is 0 Å². The average molecular weight is 336 g/mol. The molecule has 0 amide bonds. The molecule has 2 N–H and O–H groups in total. The van der Waals surface area contributed by atoms with E-state index in [0.717, 1.165) is 42.9 Å². The number of nitrogens with zero attached hydrogens (tertiary/aromatic N) is 5. The van der Waals surface area contributed by atoms with Crippen LogP contribution in [0.2, 0.25) is 0 Å². The van der Waals surface area contributed by atoms with Gasteiger partial charge in [-0.25, -0.2) is 0 Å². The van der Waals surface area contributed by atoms with E-state index in [1.807, 2.05) is 36.4 Å². The Bertz CT molecular complexity index is 815. The number of phenolic OH excluding ortho intramolecular Hbond substituents is 1. The first-order valence-electron chi connectivity index (χ1n) is 8.20. The second-order valence-corrected chi connectivity index (χ2v) is 5.56. The third-order valence-electron chi connectivity index (χ3n) is 3.65. The molecule has 0 radical (unpaired) electrons. The topological polar surface area (TPSA) is 88.2 Å². The molecule has 3 aromatic rings. The molecular weight excluding hydrogens is 316 g/mol. The van der Waals surface area contributed by atoms with Crippen molar-refractivity contribution in [2.45, 2.75) is 19.3 Å². The summed E-state index contributed by atoms with van der Waals surface area (Å²) in [7, 11) is 0. The molecule has 0 fully saturated rings. The lowest BCUT2D eigenvalue weighted by Gasteiger charge is -2.04. The zero-order chi connectivity index (χ0) is 17.3. The van der Waals surface area contributed by atoms with Gasteiger partial charge >= 0.3 is 0 Å². The lowest BCUT2D eigenvalue weighted by molar-refractivity contribution is 0.475. The fourth-order valence-corrected chi connectivity index (χ4v) is 2.41. The van der Waals surface area contributed by atoms with E-state index in [0.29, 0.717) is 0 Å². The minimum absolute atomic E-state index is 0.236. The van der Waals surface area contributed by atoms with E-state index in [1.54, 1.807) is 29.1 Å². The number of para-hydroxylation sites is 1. The molecule has 0 aliphatic carbocycles. The number of aromatic hydroxyl groups is 1. The van der Waals surface area contributed by atoms with Crippen molar-refractivity contribution in [3.05, 3.63) is 66.0 Å². The summed E-state index contributed by atoms with van der Waals surface area (Å²) in [5.41, 5.74) is 4.83. The first-order chi connectivity index (χ1) is 12.3. The number of tetrazole rings is 1. The van der Waals surface area contributed by atoms with E-state index < -0.39 is 0 Å². The van der Waals surface area contributed by atoms with Gasteiger partial charge < -0.3 is 10.5 Å². The molecule has 0 atom stereocenters. The van der Waals surface area contributed by atoms with Gasteiger partial charge in [-0.1, -0.05) is 30.3 Å². The predicted octanol–water partition coefficient (Wildman–Crippen LogP) is 2.31. The molecule has 0 saturated carbocycles. The maximum atomic E-state index is 9.38. The van der Waals surface area contributed by atoms with Gasteiger partial charge in [0.25, 0.3) is 0 Å². The van der Waals surface area contributed by atoms with Crippen LogP contribution in [0.5, 0.6) is 5.75 Å². The minimum atomic E-state index is 0.236. The van der Waals surface area contributed by atoms with Gasteiger partial charge in [-0.05, 0) is 53.1 Å². The second kappa shape index (κ2) is 8.58. The molecule has 0 bridgehead atoms. The summed E-state index contributed by atoms with van der Waals surface area (Å²) in [5, 5.41) is 25.5. The van der Waals surface area contributed by atoms with Crippen molar-refractivity contribution in [1.29, 1.82) is 0 Å². The molecule has 0 saturated heterocycles. The molecule has 7 heteroatoms. The molecule has 3 rings (SSSR count). The molecule has 1 heterocycles. The number of rotatable bonds is 8. The normalized spacial score (nSPS) is 11.0. The number of hydrogen-bond acceptors (Lipinski definition) is 6. The second-order valence-electron chi connectivity index (χ2n) is 5.56. The van der Waals surface area contributed by atoms with E-state index in [9.17, 15) is 5.11 Å². The zero-order valence-electron chi connectivity index (χ0n) is 13.8. The molecule has 2 aromatic carbocycles. The van der Waals surface area contributed by atoms with Crippen LogP contribution in [0.15, 0.2) is 59.7 Å². The smallest absolute Gasteiger partial charge is 0.156 e. The summed E-state index contributed by atoms with van der Waals surface area (Å²) in [5.74, 6) is 1.09. The van der Waals surface area contributed by atoms with Gasteiger partial charge in [0.05, 0.1) is 11.9 Å². The third kappa shape index (κ3) is 4.87. The van der Waals surface area contributed by atoms with E-state index >= 15 is 0 Å². The molecular formula is C18H20N6O. The minimum Gasteiger partial charge on any atom is -0.508 e. The summed E-state index contributed by atoms with van der Waals surface area (Å²) >= 11 is 0. The molecule has 0 unspecified atom stereocenters. The molecule has 1 aromatic heterocycles. The number of nitrogens with one attached hydrogen (secondary N) is 1. The molecule has 7 nitrogen and oxygen atoms in total. The van der Waals surface area contributed by atoms with Gasteiger partial charge in [0.1, 0.15) is 5.75 Å². The number of unbranched alkanes of at least 4 members (excludes halogenated alkanes) is 1. The Hall–Kier alpha value is -3.22. The Morgan fingerprint density at radius 3 is 2.80 bits per heavy atom. The van der Waals surface area contributed by atoms with Crippen molar-refractivity contribution in [3.63, 3.8) is 0 Å². The van der Waals surface area contributed by atoms with Gasteiger partial charge in [-0.2, -0.15) is 9.78 Å². The molecule has 0 aliphatic rings. The maximum absolute atomic E-state index is 9.38. The highest BCUT2D eigenvalue weighted by atomic mass is 16.3. The average Bonchev–Trinajstić information content (AvgIpc) is 3.10. The summed E-state index contributed by atoms with van der Waals surface area (Å²) in [4.78, 5) is 0. The van der Waals surface area contributed by atoms with Crippen LogP contribution in [-0.4, -0.2) is 38.1 Å². The Morgan fingerprint density at radius 2 is 1.96 bits per heavy atom. The van der Waals surface area contributed by atoms with E-state index in [-0.39, 0.29) is 5.75 Å². The van der Waals surface area contributed by atoms with Crippen LogP contribution in [0.3, 0.4) is 0 Å². The van der Waals surface area contributed by atoms with E-state index in [1.165, 1.54) is 0 Å². The predicted molar refractivity (Wildman–Crippen MR) is 95.8 cm³/mol. The van der Waals surface area contributed by atoms with Crippen molar-refractivity contribution in [2.24, 2.45) is 5.10 Å². The van der Waals surface area contributed by atoms with Crippen LogP contribution in [0, 0.1) is 0 Å². The van der Waals surface area contributed by atoms with Crippen molar-refractivity contribution in [1.82, 2.24) is 25.6 Å². The third-order valence-corrected chi connectivity index (χ3v) is 3.65. The van der Waals surface area contributed by atoms with E-state index in [2.05, 4.69) is 26.1 Å². The van der Waals surface area contributed by atoms with Crippen LogP contribution in [0.4, 0.5) is 0 Å². The van der Waals surface area contributed by atoms with Gasteiger partial charge in [0.15, 0.2) is 5.82 Å². The lowest BCUT2D eigenvalue weighted by atomic mass is 10.2. The van der Waals surface area contributed by atoms with Crippen molar-refractivity contribution in [2.75, 3.05) is 6.54 Å². The Labute approximate surface area is 146 Å². The number of aryl methyl sites for hydroxylation is 1. The van der Waals surface area contributed by atoms with Crippen molar-refractivity contribution in [3.8, 4) is 11.4 Å². The van der Waals surface area contributed by atoms with E-state index in [4.69, 9.17) is 0 Å². The van der Waals surface area contributed by atoms with Gasteiger partial charge in [0, 0.05) is 13.0 Å². The summed E-state index contributed by atoms with van der Waals surface area (Å²) < 4.78 is 1.77. The SMILES string of the molecule is Oc1cccc(/C=N/NCCCCc2nnnn2-c2ccccc2)c1. The Balaban J connectivity index is 1.40. The highest BCUT2D eigenvalue weighted by Crippen LogP contribution is 2.09. The number of aromatic nitrogens is 4. The standard InChI is InChI=1S/C18H20N6O/c25-17-10-6-7-15(13-17)14-20-19-12-5-4-11-18-21-22-23-24(18)16-8-2-1-3-9-16/h1-3,6-10,13-14,19,25H,4-5,11-12H2/b20-14+. The van der Waals surface area contributed by atoms with Crippen LogP contribution in [0.25, 0.3) is 5.69 Å². The lowest BCUT2D eigenvalue weighted by Crippen LogP contribution is -2.09. The number of benzene rings is 2. The molecule has 0 spiro atoms. The Kier molecular flexibility index (Phi) is 5.71. The highest BCUT2D eigenvalue weighted by Gasteiger charge is 2.07.